The molecule has 0 radical (unpaired) electrons. The summed E-state index contributed by atoms with van der Waals surface area (Å²) in [4.78, 5) is 12.9. The van der Waals surface area contributed by atoms with Crippen LogP contribution in [0.2, 0.25) is 0 Å². The molecule has 1 fully saturated rings. The Balaban J connectivity index is 2.30. The van der Waals surface area contributed by atoms with Crippen LogP contribution in [0.15, 0.2) is 22.8 Å². The number of Topliss-reactive ketones (excluding diaryl/α,β-unsaturated/α-hetero) is 1. The van der Waals surface area contributed by atoms with Crippen molar-refractivity contribution in [1.29, 1.82) is 0 Å². The Morgan fingerprint density at radius 2 is 2.21 bits per heavy atom. The van der Waals surface area contributed by atoms with Gasteiger partial charge in [-0.05, 0) is 30.9 Å². The van der Waals surface area contributed by atoms with Crippen molar-refractivity contribution in [2.75, 3.05) is 0 Å². The topological polar surface area (TPSA) is 37.3 Å². The van der Waals surface area contributed by atoms with E-state index in [1.54, 1.807) is 17.8 Å². The highest BCUT2D eigenvalue weighted by Crippen LogP contribution is 2.47. The fourth-order valence-electron chi connectivity index (χ4n) is 1.95. The summed E-state index contributed by atoms with van der Waals surface area (Å²) in [6.45, 7) is 4.18. The fraction of sp³-hybridized carbons (Fsp3) is 0.545. The van der Waals surface area contributed by atoms with Crippen LogP contribution in [0, 0.1) is 5.92 Å². The van der Waals surface area contributed by atoms with E-state index in [1.807, 2.05) is 6.08 Å². The first kappa shape index (κ1) is 9.84. The molecule has 0 aromatic carbocycles. The van der Waals surface area contributed by atoms with Crippen molar-refractivity contribution in [3.05, 3.63) is 22.8 Å². The van der Waals surface area contributed by atoms with E-state index in [0.717, 1.165) is 4.91 Å². The Hall–Kier alpha value is -0.700. The van der Waals surface area contributed by atoms with Gasteiger partial charge in [0.2, 0.25) is 0 Å². The molecule has 1 aliphatic carbocycles. The summed E-state index contributed by atoms with van der Waals surface area (Å²) >= 11 is 1.76. The maximum Gasteiger partial charge on any atom is 0.142 e. The maximum atomic E-state index is 11.8. The lowest BCUT2D eigenvalue weighted by Gasteiger charge is -2.35. The van der Waals surface area contributed by atoms with Crippen molar-refractivity contribution < 1.29 is 9.90 Å². The van der Waals surface area contributed by atoms with Gasteiger partial charge in [0.05, 0.1) is 11.7 Å². The molecule has 14 heavy (non-hydrogen) atoms. The zero-order chi connectivity index (χ0) is 10.3. The highest BCUT2D eigenvalue weighted by Gasteiger charge is 2.38. The summed E-state index contributed by atoms with van der Waals surface area (Å²) in [7, 11) is 0. The van der Waals surface area contributed by atoms with Gasteiger partial charge in [-0.25, -0.2) is 0 Å². The summed E-state index contributed by atoms with van der Waals surface area (Å²) in [6, 6.07) is 0. The summed E-state index contributed by atoms with van der Waals surface area (Å²) < 4.78 is 0.0141. The minimum Gasteiger partial charge on any atom is -0.512 e. The zero-order valence-corrected chi connectivity index (χ0v) is 9.23. The molecule has 0 spiro atoms. The van der Waals surface area contributed by atoms with Gasteiger partial charge in [-0.2, -0.15) is 0 Å². The Morgan fingerprint density at radius 1 is 1.50 bits per heavy atom. The number of rotatable bonds is 0. The van der Waals surface area contributed by atoms with Crippen LogP contribution in [-0.2, 0) is 4.79 Å². The standard InChI is InChI=1S/C11H14O2S/c1-11(2)6-9(13)8-5-7(12)3-4-10(8)14-11/h3-4,8,12H,5-6H2,1-2H3. The molecule has 0 aromatic rings. The molecule has 3 heteroatoms. The Morgan fingerprint density at radius 3 is 2.93 bits per heavy atom. The Kier molecular flexibility index (Phi) is 2.22. The molecule has 1 aliphatic heterocycles. The van der Waals surface area contributed by atoms with Gasteiger partial charge in [-0.3, -0.25) is 4.79 Å². The van der Waals surface area contributed by atoms with Gasteiger partial charge < -0.3 is 5.11 Å². The smallest absolute Gasteiger partial charge is 0.142 e. The molecule has 1 atom stereocenters. The van der Waals surface area contributed by atoms with Crippen molar-refractivity contribution in [3.63, 3.8) is 0 Å². The van der Waals surface area contributed by atoms with E-state index >= 15 is 0 Å². The van der Waals surface area contributed by atoms with Crippen molar-refractivity contribution in [3.8, 4) is 0 Å². The van der Waals surface area contributed by atoms with E-state index in [-0.39, 0.29) is 16.4 Å². The highest BCUT2D eigenvalue weighted by molar-refractivity contribution is 8.04. The number of thioether (sulfide) groups is 1. The molecule has 2 rings (SSSR count). The van der Waals surface area contributed by atoms with E-state index in [9.17, 15) is 9.90 Å². The first-order chi connectivity index (χ1) is 6.48. The fourth-order valence-corrected chi connectivity index (χ4v) is 3.29. The van der Waals surface area contributed by atoms with E-state index < -0.39 is 0 Å². The van der Waals surface area contributed by atoms with Crippen LogP contribution in [0.3, 0.4) is 0 Å². The number of carbonyl (C=O) groups excluding carboxylic acids is 1. The molecule has 0 amide bonds. The minimum absolute atomic E-state index is 0.0141. The molecular weight excluding hydrogens is 196 g/mol. The molecule has 76 valence electrons. The summed E-state index contributed by atoms with van der Waals surface area (Å²) in [5, 5.41) is 9.35. The van der Waals surface area contributed by atoms with Crippen molar-refractivity contribution in [2.45, 2.75) is 31.4 Å². The zero-order valence-electron chi connectivity index (χ0n) is 8.41. The number of aliphatic hydroxyl groups is 1. The number of hydrogen-bond donors (Lipinski definition) is 1. The average Bonchev–Trinajstić information content (AvgIpc) is 2.05. The van der Waals surface area contributed by atoms with Crippen LogP contribution in [-0.4, -0.2) is 15.6 Å². The lowest BCUT2D eigenvalue weighted by atomic mass is 9.89. The Labute approximate surface area is 88.1 Å². The third kappa shape index (κ3) is 1.73. The molecule has 1 heterocycles. The third-order valence-corrected chi connectivity index (χ3v) is 3.93. The summed E-state index contributed by atoms with van der Waals surface area (Å²) in [5.41, 5.74) is 0. The van der Waals surface area contributed by atoms with Gasteiger partial charge in [-0.1, -0.05) is 0 Å². The SMILES string of the molecule is CC1(C)CC(=O)C2CC(O)=CC=C2S1. The molecule has 1 N–H and O–H groups in total. The van der Waals surface area contributed by atoms with Crippen LogP contribution in [0.25, 0.3) is 0 Å². The van der Waals surface area contributed by atoms with E-state index in [0.29, 0.717) is 18.6 Å². The molecule has 0 bridgehead atoms. The summed E-state index contributed by atoms with van der Waals surface area (Å²) in [6.07, 6.45) is 4.68. The number of ketones is 1. The largest absolute Gasteiger partial charge is 0.512 e. The van der Waals surface area contributed by atoms with Crippen LogP contribution < -0.4 is 0 Å². The molecule has 1 unspecified atom stereocenters. The predicted octanol–water partition coefficient (Wildman–Crippen LogP) is 2.82. The normalized spacial score (nSPS) is 30.4. The van der Waals surface area contributed by atoms with Crippen molar-refractivity contribution >= 4 is 17.5 Å². The molecular formula is C11H14O2S. The first-order valence-electron chi connectivity index (χ1n) is 4.79. The van der Waals surface area contributed by atoms with Gasteiger partial charge >= 0.3 is 0 Å². The number of hydrogen-bond acceptors (Lipinski definition) is 3. The van der Waals surface area contributed by atoms with Crippen LogP contribution in [0.5, 0.6) is 0 Å². The van der Waals surface area contributed by atoms with Gasteiger partial charge in [0, 0.05) is 17.6 Å². The lowest BCUT2D eigenvalue weighted by molar-refractivity contribution is -0.122. The van der Waals surface area contributed by atoms with Crippen LogP contribution in [0.1, 0.15) is 26.7 Å². The quantitative estimate of drug-likeness (QED) is 0.668. The molecule has 0 saturated carbocycles. The third-order valence-electron chi connectivity index (χ3n) is 2.58. The summed E-state index contributed by atoms with van der Waals surface area (Å²) in [5.74, 6) is 0.519. The molecule has 1 saturated heterocycles. The second kappa shape index (κ2) is 3.16. The Bertz CT molecular complexity index is 339. The second-order valence-corrected chi connectivity index (χ2v) is 6.27. The van der Waals surface area contributed by atoms with Crippen LogP contribution in [0.4, 0.5) is 0 Å². The minimum atomic E-state index is -0.0713. The van der Waals surface area contributed by atoms with Gasteiger partial charge in [-0.15, -0.1) is 11.8 Å². The monoisotopic (exact) mass is 210 g/mol. The second-order valence-electron chi connectivity index (χ2n) is 4.49. The number of fused-ring (bicyclic) bond motifs is 1. The average molecular weight is 210 g/mol. The van der Waals surface area contributed by atoms with E-state index in [2.05, 4.69) is 13.8 Å². The van der Waals surface area contributed by atoms with E-state index in [1.165, 1.54) is 0 Å². The number of allylic oxidation sites excluding steroid dienone is 4. The van der Waals surface area contributed by atoms with Crippen molar-refractivity contribution in [1.82, 2.24) is 0 Å². The van der Waals surface area contributed by atoms with Crippen LogP contribution >= 0.6 is 11.8 Å². The maximum absolute atomic E-state index is 11.8. The van der Waals surface area contributed by atoms with Gasteiger partial charge in [0.25, 0.3) is 0 Å². The first-order valence-corrected chi connectivity index (χ1v) is 5.61. The predicted molar refractivity (Wildman–Crippen MR) is 58.2 cm³/mol. The number of carbonyl (C=O) groups is 1. The number of aliphatic hydroxyl groups excluding tert-OH is 1. The van der Waals surface area contributed by atoms with E-state index in [4.69, 9.17) is 0 Å². The lowest BCUT2D eigenvalue weighted by Crippen LogP contribution is -2.33. The molecule has 2 nitrogen and oxygen atoms in total. The van der Waals surface area contributed by atoms with Gasteiger partial charge in [0.1, 0.15) is 5.78 Å². The van der Waals surface area contributed by atoms with Gasteiger partial charge in [0.15, 0.2) is 0 Å². The van der Waals surface area contributed by atoms with Crippen molar-refractivity contribution in [2.24, 2.45) is 5.92 Å². The highest BCUT2D eigenvalue weighted by atomic mass is 32.2. The molecule has 2 aliphatic rings. The molecule has 0 aromatic heterocycles.